The largest absolute Gasteiger partial charge is 0.490 e. The highest BCUT2D eigenvalue weighted by Crippen LogP contribution is 2.36. The average Bonchev–Trinajstić information content (AvgIpc) is 3.16. The third-order valence-electron chi connectivity index (χ3n) is 7.07. The number of hydrogen-bond donors (Lipinski definition) is 1. The fourth-order valence-electron chi connectivity index (χ4n) is 4.97. The van der Waals surface area contributed by atoms with Crippen molar-refractivity contribution in [3.63, 3.8) is 0 Å². The lowest BCUT2D eigenvalue weighted by Gasteiger charge is -2.32. The van der Waals surface area contributed by atoms with Crippen LogP contribution in [-0.2, 0) is 14.8 Å². The highest BCUT2D eigenvalue weighted by molar-refractivity contribution is 7.89. The molecule has 9 nitrogen and oxygen atoms in total. The molecule has 0 aliphatic carbocycles. The molecular formula is C27H34N2O7S. The fourth-order valence-corrected chi connectivity index (χ4v) is 6.46. The summed E-state index contributed by atoms with van der Waals surface area (Å²) < 4.78 is 50.6. The fraction of sp³-hybridized carbons (Fsp3) is 0.519. The average molecular weight is 531 g/mol. The molecule has 2 aromatic rings. The van der Waals surface area contributed by atoms with E-state index in [0.29, 0.717) is 56.5 Å². The van der Waals surface area contributed by atoms with Crippen molar-refractivity contribution < 1.29 is 32.2 Å². The van der Waals surface area contributed by atoms with Crippen molar-refractivity contribution in [1.82, 2.24) is 9.62 Å². The van der Waals surface area contributed by atoms with Gasteiger partial charge in [0, 0.05) is 31.5 Å². The molecule has 0 bridgehead atoms. The summed E-state index contributed by atoms with van der Waals surface area (Å²) in [7, 11) is -3.70. The van der Waals surface area contributed by atoms with Gasteiger partial charge >= 0.3 is 0 Å². The minimum Gasteiger partial charge on any atom is -0.490 e. The number of sulfonamides is 1. The van der Waals surface area contributed by atoms with Gasteiger partial charge in [-0.1, -0.05) is 19.9 Å². The molecule has 10 heteroatoms. The van der Waals surface area contributed by atoms with Crippen LogP contribution in [-0.4, -0.2) is 58.1 Å². The van der Waals surface area contributed by atoms with E-state index >= 15 is 0 Å². The first kappa shape index (κ1) is 25.7. The summed E-state index contributed by atoms with van der Waals surface area (Å²) in [6, 6.07) is 10.3. The Balaban J connectivity index is 1.23. The van der Waals surface area contributed by atoms with Gasteiger partial charge in [0.25, 0.3) is 0 Å². The number of ether oxygens (including phenoxy) is 4. The summed E-state index contributed by atoms with van der Waals surface area (Å²) >= 11 is 0. The lowest BCUT2D eigenvalue weighted by Crippen LogP contribution is -2.44. The standard InChI is InChI=1S/C27H34N2O7S/c1-18(2)26(20-4-6-22-24(16-20)34-13-3-12-33-22)28-27(30)19-8-10-29(11-9-19)37(31,32)21-5-7-23-25(17-21)36-15-14-35-23/h4-7,16-19,26H,3,8-15H2,1-2H3,(H,28,30). The first-order chi connectivity index (χ1) is 17.8. The van der Waals surface area contributed by atoms with Crippen LogP contribution >= 0.6 is 0 Å². The van der Waals surface area contributed by atoms with Crippen molar-refractivity contribution in [2.45, 2.75) is 44.0 Å². The molecule has 0 aromatic heterocycles. The summed E-state index contributed by atoms with van der Waals surface area (Å²) in [4.78, 5) is 13.4. The quantitative estimate of drug-likeness (QED) is 0.609. The van der Waals surface area contributed by atoms with Gasteiger partial charge in [-0.15, -0.1) is 0 Å². The van der Waals surface area contributed by atoms with E-state index in [0.717, 1.165) is 17.7 Å². The van der Waals surface area contributed by atoms with Crippen molar-refractivity contribution >= 4 is 15.9 Å². The van der Waals surface area contributed by atoms with Gasteiger partial charge in [-0.05, 0) is 48.6 Å². The van der Waals surface area contributed by atoms with Crippen LogP contribution in [0.2, 0.25) is 0 Å². The van der Waals surface area contributed by atoms with E-state index < -0.39 is 10.0 Å². The summed E-state index contributed by atoms with van der Waals surface area (Å²) in [6.07, 6.45) is 1.75. The van der Waals surface area contributed by atoms with Crippen molar-refractivity contribution in [3.05, 3.63) is 42.0 Å². The van der Waals surface area contributed by atoms with Crippen LogP contribution in [0.5, 0.6) is 23.0 Å². The Morgan fingerprint density at radius 2 is 1.46 bits per heavy atom. The molecule has 37 heavy (non-hydrogen) atoms. The Morgan fingerprint density at radius 3 is 2.16 bits per heavy atom. The Labute approximate surface area is 218 Å². The van der Waals surface area contributed by atoms with Crippen LogP contribution < -0.4 is 24.3 Å². The molecule has 5 rings (SSSR count). The molecule has 200 valence electrons. The zero-order chi connectivity index (χ0) is 26.0. The highest BCUT2D eigenvalue weighted by Gasteiger charge is 2.34. The zero-order valence-electron chi connectivity index (χ0n) is 21.3. The van der Waals surface area contributed by atoms with Gasteiger partial charge in [0.15, 0.2) is 23.0 Å². The Morgan fingerprint density at radius 1 is 0.865 bits per heavy atom. The second-order valence-electron chi connectivity index (χ2n) is 9.97. The van der Waals surface area contributed by atoms with Crippen molar-refractivity contribution in [1.29, 1.82) is 0 Å². The minimum absolute atomic E-state index is 0.0535. The normalized spacial score (nSPS) is 19.2. The van der Waals surface area contributed by atoms with Crippen molar-refractivity contribution in [2.75, 3.05) is 39.5 Å². The summed E-state index contributed by atoms with van der Waals surface area (Å²) in [5.41, 5.74) is 0.964. The molecule has 3 heterocycles. The van der Waals surface area contributed by atoms with Gasteiger partial charge in [-0.25, -0.2) is 8.42 Å². The number of amides is 1. The first-order valence-electron chi connectivity index (χ1n) is 12.9. The number of carbonyl (C=O) groups is 1. The molecule has 2 aromatic carbocycles. The topological polar surface area (TPSA) is 103 Å². The van der Waals surface area contributed by atoms with Crippen LogP contribution in [0, 0.1) is 11.8 Å². The lowest BCUT2D eigenvalue weighted by atomic mass is 9.92. The molecule has 0 spiro atoms. The van der Waals surface area contributed by atoms with Gasteiger partial charge in [0.2, 0.25) is 15.9 Å². The molecule has 0 radical (unpaired) electrons. The van der Waals surface area contributed by atoms with E-state index in [4.69, 9.17) is 18.9 Å². The smallest absolute Gasteiger partial charge is 0.243 e. The molecule has 3 aliphatic rings. The molecule has 3 aliphatic heterocycles. The van der Waals surface area contributed by atoms with Gasteiger partial charge in [-0.2, -0.15) is 4.31 Å². The molecule has 0 saturated carbocycles. The molecule has 1 atom stereocenters. The van der Waals surface area contributed by atoms with E-state index in [-0.39, 0.29) is 41.8 Å². The van der Waals surface area contributed by atoms with E-state index in [2.05, 4.69) is 19.2 Å². The van der Waals surface area contributed by atoms with Crippen LogP contribution in [0.15, 0.2) is 41.3 Å². The Hall–Kier alpha value is -2.98. The second-order valence-corrected chi connectivity index (χ2v) is 11.9. The highest BCUT2D eigenvalue weighted by atomic mass is 32.2. The Kier molecular flexibility index (Phi) is 7.48. The number of rotatable bonds is 6. The van der Waals surface area contributed by atoms with E-state index in [1.165, 1.54) is 10.4 Å². The van der Waals surface area contributed by atoms with E-state index in [1.54, 1.807) is 12.1 Å². The third-order valence-corrected chi connectivity index (χ3v) is 8.97. The summed E-state index contributed by atoms with van der Waals surface area (Å²) in [6.45, 7) is 6.76. The van der Waals surface area contributed by atoms with Gasteiger partial charge in [0.05, 0.1) is 24.2 Å². The van der Waals surface area contributed by atoms with Crippen LogP contribution in [0.25, 0.3) is 0 Å². The van der Waals surface area contributed by atoms with Gasteiger partial charge < -0.3 is 24.3 Å². The zero-order valence-corrected chi connectivity index (χ0v) is 22.1. The number of fused-ring (bicyclic) bond motifs is 2. The van der Waals surface area contributed by atoms with Crippen LogP contribution in [0.4, 0.5) is 0 Å². The van der Waals surface area contributed by atoms with Gasteiger partial charge in [-0.3, -0.25) is 4.79 Å². The molecule has 1 N–H and O–H groups in total. The maximum Gasteiger partial charge on any atom is 0.243 e. The predicted octanol–water partition coefficient (Wildman–Crippen LogP) is 3.53. The predicted molar refractivity (Wildman–Crippen MR) is 137 cm³/mol. The SMILES string of the molecule is CC(C)C(NC(=O)C1CCN(S(=O)(=O)c2ccc3c(c2)OCCO3)CC1)c1ccc2c(c1)OCCCO2. The van der Waals surface area contributed by atoms with Crippen molar-refractivity contribution in [2.24, 2.45) is 11.8 Å². The lowest BCUT2D eigenvalue weighted by molar-refractivity contribution is -0.127. The molecule has 1 saturated heterocycles. The number of piperidine rings is 1. The number of nitrogens with one attached hydrogen (secondary N) is 1. The Bertz CT molecular complexity index is 1240. The number of benzene rings is 2. The van der Waals surface area contributed by atoms with Crippen LogP contribution in [0.1, 0.15) is 44.7 Å². The summed E-state index contributed by atoms with van der Waals surface area (Å²) in [5, 5.41) is 3.21. The molecule has 1 unspecified atom stereocenters. The molecule has 1 fully saturated rings. The minimum atomic E-state index is -3.70. The van der Waals surface area contributed by atoms with Crippen LogP contribution in [0.3, 0.4) is 0 Å². The second kappa shape index (κ2) is 10.8. The third kappa shape index (κ3) is 5.50. The maximum absolute atomic E-state index is 13.3. The maximum atomic E-state index is 13.3. The van der Waals surface area contributed by atoms with E-state index in [9.17, 15) is 13.2 Å². The monoisotopic (exact) mass is 530 g/mol. The molecule has 1 amide bonds. The van der Waals surface area contributed by atoms with Gasteiger partial charge in [0.1, 0.15) is 13.2 Å². The van der Waals surface area contributed by atoms with E-state index in [1.807, 2.05) is 18.2 Å². The first-order valence-corrected chi connectivity index (χ1v) is 14.4. The van der Waals surface area contributed by atoms with Crippen molar-refractivity contribution in [3.8, 4) is 23.0 Å². The summed E-state index contributed by atoms with van der Waals surface area (Å²) in [5.74, 6) is 2.26. The number of nitrogens with zero attached hydrogens (tertiary/aromatic N) is 1. The molecular weight excluding hydrogens is 496 g/mol. The number of carbonyl (C=O) groups excluding carboxylic acids is 1. The number of hydrogen-bond acceptors (Lipinski definition) is 7.